The molecule has 0 atom stereocenters. The summed E-state index contributed by atoms with van der Waals surface area (Å²) in [6, 6.07) is 3.59. The van der Waals surface area contributed by atoms with Crippen molar-refractivity contribution in [1.82, 2.24) is 0 Å². The van der Waals surface area contributed by atoms with E-state index in [2.05, 4.69) is 0 Å². The maximum atomic E-state index is 5.19. The van der Waals surface area contributed by atoms with Gasteiger partial charge in [-0.25, -0.2) is 0 Å². The Bertz CT molecular complexity index is 287. The van der Waals surface area contributed by atoms with Gasteiger partial charge in [-0.1, -0.05) is 12.6 Å². The summed E-state index contributed by atoms with van der Waals surface area (Å²) in [5, 5.41) is 0. The quantitative estimate of drug-likeness (QED) is 0.768. The van der Waals surface area contributed by atoms with Gasteiger partial charge in [0.25, 0.3) is 0 Å². The van der Waals surface area contributed by atoms with Gasteiger partial charge in [-0.15, -0.1) is 0 Å². The minimum Gasteiger partial charge on any atom is -0.496 e. The van der Waals surface area contributed by atoms with Crippen molar-refractivity contribution in [1.29, 1.82) is 0 Å². The van der Waals surface area contributed by atoms with Gasteiger partial charge in [0, 0.05) is 23.4 Å². The molecule has 4 heteroatoms. The Morgan fingerprint density at radius 3 is 1.79 bits per heavy atom. The number of ether oxygens (including phenoxy) is 3. The van der Waals surface area contributed by atoms with E-state index >= 15 is 0 Å². The summed E-state index contributed by atoms with van der Waals surface area (Å²) < 4.78 is 15.5. The van der Waals surface area contributed by atoms with E-state index < -0.39 is 0 Å². The standard InChI is InChI=1S/C10H13O3S/c1-11-7-4-9(12-2)8(6-14)10(5-7)13-3/h4-5H,6H2,1-3H3. The van der Waals surface area contributed by atoms with E-state index in [0.717, 1.165) is 5.56 Å². The summed E-state index contributed by atoms with van der Waals surface area (Å²) >= 11 is 5.00. The average molecular weight is 213 g/mol. The fourth-order valence-electron chi connectivity index (χ4n) is 1.22. The van der Waals surface area contributed by atoms with Crippen LogP contribution < -0.4 is 14.2 Å². The SMILES string of the molecule is COc1cc(OC)c(C[S])c(OC)c1. The first-order chi connectivity index (χ1) is 6.76. The van der Waals surface area contributed by atoms with Gasteiger partial charge in [0.15, 0.2) is 0 Å². The predicted molar refractivity (Wildman–Crippen MR) is 57.4 cm³/mol. The topological polar surface area (TPSA) is 27.7 Å². The Hall–Kier alpha value is -1.03. The molecule has 3 nitrogen and oxygen atoms in total. The van der Waals surface area contributed by atoms with Crippen molar-refractivity contribution in [3.63, 3.8) is 0 Å². The van der Waals surface area contributed by atoms with Gasteiger partial charge in [-0.05, 0) is 0 Å². The van der Waals surface area contributed by atoms with Crippen LogP contribution in [0.5, 0.6) is 17.2 Å². The second kappa shape index (κ2) is 5.00. The van der Waals surface area contributed by atoms with E-state index in [0.29, 0.717) is 23.0 Å². The molecular weight excluding hydrogens is 200 g/mol. The van der Waals surface area contributed by atoms with Crippen LogP contribution in [0.2, 0.25) is 0 Å². The highest BCUT2D eigenvalue weighted by Crippen LogP contribution is 2.34. The Kier molecular flexibility index (Phi) is 3.95. The number of rotatable bonds is 4. The minimum absolute atomic E-state index is 0.455. The zero-order chi connectivity index (χ0) is 10.6. The van der Waals surface area contributed by atoms with Gasteiger partial charge in [0.05, 0.1) is 21.3 Å². The summed E-state index contributed by atoms with van der Waals surface area (Å²) in [4.78, 5) is 0. The first-order valence-electron chi connectivity index (χ1n) is 4.13. The molecule has 0 aliphatic rings. The third-order valence-corrected chi connectivity index (χ3v) is 2.25. The molecule has 0 bridgehead atoms. The van der Waals surface area contributed by atoms with Crippen LogP contribution in [0.15, 0.2) is 12.1 Å². The Labute approximate surface area is 89.4 Å². The van der Waals surface area contributed by atoms with Crippen LogP contribution in [0.3, 0.4) is 0 Å². The van der Waals surface area contributed by atoms with Gasteiger partial charge in [0.2, 0.25) is 0 Å². The smallest absolute Gasteiger partial charge is 0.130 e. The first kappa shape index (κ1) is 11.0. The highest BCUT2D eigenvalue weighted by molar-refractivity contribution is 7.79. The molecule has 14 heavy (non-hydrogen) atoms. The van der Waals surface area contributed by atoms with Gasteiger partial charge in [-0.2, -0.15) is 0 Å². The van der Waals surface area contributed by atoms with Crippen molar-refractivity contribution in [2.75, 3.05) is 21.3 Å². The molecule has 0 unspecified atom stereocenters. The van der Waals surface area contributed by atoms with Gasteiger partial charge >= 0.3 is 0 Å². The van der Waals surface area contributed by atoms with Crippen molar-refractivity contribution in [2.24, 2.45) is 0 Å². The highest BCUT2D eigenvalue weighted by atomic mass is 32.1. The van der Waals surface area contributed by atoms with Crippen LogP contribution in [0.4, 0.5) is 0 Å². The lowest BCUT2D eigenvalue weighted by atomic mass is 10.2. The van der Waals surface area contributed by atoms with Crippen LogP contribution in [0, 0.1) is 0 Å². The molecule has 0 aromatic heterocycles. The average Bonchev–Trinajstić information content (AvgIpc) is 2.26. The molecule has 1 radical (unpaired) electrons. The molecule has 0 amide bonds. The summed E-state index contributed by atoms with van der Waals surface area (Å²) in [6.07, 6.45) is 0. The maximum absolute atomic E-state index is 5.19. The van der Waals surface area contributed by atoms with Gasteiger partial charge in [-0.3, -0.25) is 0 Å². The van der Waals surface area contributed by atoms with Crippen LogP contribution in [0.1, 0.15) is 5.56 Å². The molecule has 0 saturated carbocycles. The second-order valence-electron chi connectivity index (χ2n) is 2.65. The molecule has 77 valence electrons. The van der Waals surface area contributed by atoms with E-state index in [-0.39, 0.29) is 0 Å². The van der Waals surface area contributed by atoms with Crippen LogP contribution in [-0.4, -0.2) is 21.3 Å². The lowest BCUT2D eigenvalue weighted by molar-refractivity contribution is 0.371. The number of methoxy groups -OCH3 is 3. The monoisotopic (exact) mass is 213 g/mol. The van der Waals surface area contributed by atoms with Crippen molar-refractivity contribution >= 4 is 12.6 Å². The molecule has 0 heterocycles. The van der Waals surface area contributed by atoms with E-state index in [1.54, 1.807) is 33.5 Å². The van der Waals surface area contributed by atoms with Crippen LogP contribution in [-0.2, 0) is 5.75 Å². The molecule has 0 aliphatic carbocycles. The lowest BCUT2D eigenvalue weighted by Gasteiger charge is -2.12. The molecule has 1 aromatic rings. The molecule has 0 fully saturated rings. The van der Waals surface area contributed by atoms with Crippen LogP contribution >= 0.6 is 12.6 Å². The van der Waals surface area contributed by atoms with Gasteiger partial charge < -0.3 is 14.2 Å². The van der Waals surface area contributed by atoms with E-state index in [4.69, 9.17) is 26.8 Å². The molecule has 0 aliphatic heterocycles. The summed E-state index contributed by atoms with van der Waals surface area (Å²) in [7, 11) is 4.80. The minimum atomic E-state index is 0.455. The Morgan fingerprint density at radius 2 is 1.50 bits per heavy atom. The predicted octanol–water partition coefficient (Wildman–Crippen LogP) is 2.41. The molecule has 1 rings (SSSR count). The summed E-state index contributed by atoms with van der Waals surface area (Å²) in [5.41, 5.74) is 0.880. The maximum Gasteiger partial charge on any atom is 0.130 e. The van der Waals surface area contributed by atoms with E-state index in [1.807, 2.05) is 0 Å². The van der Waals surface area contributed by atoms with Crippen molar-refractivity contribution in [3.8, 4) is 17.2 Å². The molecular formula is C10H13O3S. The van der Waals surface area contributed by atoms with Crippen molar-refractivity contribution in [3.05, 3.63) is 17.7 Å². The highest BCUT2D eigenvalue weighted by Gasteiger charge is 2.11. The zero-order valence-corrected chi connectivity index (χ0v) is 9.31. The largest absolute Gasteiger partial charge is 0.496 e. The number of hydrogen-bond acceptors (Lipinski definition) is 3. The lowest BCUT2D eigenvalue weighted by Crippen LogP contribution is -1.96. The fourth-order valence-corrected chi connectivity index (χ4v) is 1.50. The fraction of sp³-hybridized carbons (Fsp3) is 0.400. The van der Waals surface area contributed by atoms with Gasteiger partial charge in [0.1, 0.15) is 17.2 Å². The first-order valence-corrected chi connectivity index (χ1v) is 4.71. The third-order valence-electron chi connectivity index (χ3n) is 1.96. The van der Waals surface area contributed by atoms with Crippen LogP contribution in [0.25, 0.3) is 0 Å². The molecule has 1 aromatic carbocycles. The van der Waals surface area contributed by atoms with Crippen molar-refractivity contribution < 1.29 is 14.2 Å². The Morgan fingerprint density at radius 1 is 1.00 bits per heavy atom. The normalized spacial score (nSPS) is 9.71. The van der Waals surface area contributed by atoms with Crippen molar-refractivity contribution in [2.45, 2.75) is 5.75 Å². The molecule has 0 saturated heterocycles. The third kappa shape index (κ3) is 2.07. The number of hydrogen-bond donors (Lipinski definition) is 0. The van der Waals surface area contributed by atoms with E-state index in [9.17, 15) is 0 Å². The summed E-state index contributed by atoms with van der Waals surface area (Å²) in [5.74, 6) is 2.56. The Balaban J connectivity index is 3.24. The molecule has 0 spiro atoms. The zero-order valence-electron chi connectivity index (χ0n) is 8.49. The summed E-state index contributed by atoms with van der Waals surface area (Å²) in [6.45, 7) is 0. The second-order valence-corrected chi connectivity index (χ2v) is 2.94. The molecule has 0 N–H and O–H groups in total. The van der Waals surface area contributed by atoms with E-state index in [1.165, 1.54) is 0 Å². The number of benzene rings is 1.